The molecule has 0 rings (SSSR count). The molecule has 0 unspecified atom stereocenters. The first kappa shape index (κ1) is 15.9. The van der Waals surface area contributed by atoms with Crippen molar-refractivity contribution >= 4 is 0 Å². The van der Waals surface area contributed by atoms with Gasteiger partial charge in [-0.15, -0.1) is 0 Å². The normalized spacial score (nSPS) is 6.00. The highest BCUT2D eigenvalue weighted by Crippen LogP contribution is 1.61. The molecule has 0 heterocycles. The Labute approximate surface area is 55.6 Å². The van der Waals surface area contributed by atoms with E-state index in [1.807, 2.05) is 0 Å². The van der Waals surface area contributed by atoms with Gasteiger partial charge in [-0.1, -0.05) is 6.92 Å². The highest BCUT2D eigenvalue weighted by Gasteiger charge is 1.64. The van der Waals surface area contributed by atoms with Crippen molar-refractivity contribution in [1.82, 2.24) is 5.43 Å². The van der Waals surface area contributed by atoms with Crippen LogP contribution in [0.25, 0.3) is 0 Å². The molecule has 60 valence electrons. The summed E-state index contributed by atoms with van der Waals surface area (Å²) in [5.41, 5.74) is 2.52. The van der Waals surface area contributed by atoms with E-state index in [1.165, 1.54) is 0 Å². The monoisotopic (exact) mass is 138 g/mol. The van der Waals surface area contributed by atoms with Gasteiger partial charge in [0.05, 0.1) is 0 Å². The topological polar surface area (TPSA) is 142 Å². The fourth-order valence-electron chi connectivity index (χ4n) is 0.144. The molecule has 11 N–H and O–H groups in total. The molecule has 0 bridgehead atoms. The number of nitrogens with one attached hydrogen (secondary N) is 1. The van der Waals surface area contributed by atoms with Crippen LogP contribution < -0.4 is 34.6 Å². The minimum absolute atomic E-state index is 0.917. The number of nitrogens with two attached hydrogens (primary N) is 5. The molecule has 9 heavy (non-hydrogen) atoms. The molecule has 0 aromatic rings. The van der Waals surface area contributed by atoms with Crippen molar-refractivity contribution in [3.63, 3.8) is 0 Å². The molecule has 0 aromatic carbocycles. The zero-order valence-corrected chi connectivity index (χ0v) is 5.80. The maximum atomic E-state index is 4.89. The van der Waals surface area contributed by atoms with Crippen molar-refractivity contribution in [2.75, 3.05) is 6.54 Å². The molecule has 0 atom stereocenters. The van der Waals surface area contributed by atoms with Crippen molar-refractivity contribution in [2.45, 2.75) is 13.3 Å². The lowest BCUT2D eigenvalue weighted by atomic mass is 10.5. The van der Waals surface area contributed by atoms with Crippen LogP contribution in [0, 0.1) is 0 Å². The molecule has 0 fully saturated rings. The summed E-state index contributed by atoms with van der Waals surface area (Å²) in [7, 11) is 0. The first-order chi connectivity index (χ1) is 4.41. The molecule has 6 heteroatoms. The van der Waals surface area contributed by atoms with Gasteiger partial charge in [-0.25, -0.2) is 0 Å². The second-order valence-corrected chi connectivity index (χ2v) is 0.954. The van der Waals surface area contributed by atoms with E-state index in [0.29, 0.717) is 0 Å². The van der Waals surface area contributed by atoms with Crippen molar-refractivity contribution in [3.05, 3.63) is 0 Å². The molecule has 0 spiro atoms. The van der Waals surface area contributed by atoms with E-state index in [9.17, 15) is 0 Å². The summed E-state index contributed by atoms with van der Waals surface area (Å²) in [6.45, 7) is 2.99. The average Bonchev–Trinajstić information content (AvgIpc) is 1.98. The van der Waals surface area contributed by atoms with Gasteiger partial charge in [0, 0.05) is 6.54 Å². The summed E-state index contributed by atoms with van der Waals surface area (Å²) in [5, 5.41) is 0. The zero-order chi connectivity index (χ0) is 8.12. The van der Waals surface area contributed by atoms with Gasteiger partial charge in [0.15, 0.2) is 0 Å². The Morgan fingerprint density at radius 2 is 1.44 bits per heavy atom. The lowest BCUT2D eigenvalue weighted by molar-refractivity contribution is 0.714. The minimum atomic E-state index is 0.917. The summed E-state index contributed by atoms with van der Waals surface area (Å²) in [6.07, 6.45) is 1.11. The van der Waals surface area contributed by atoms with Crippen LogP contribution in [0.5, 0.6) is 0 Å². The molecule has 0 radical (unpaired) electrons. The second kappa shape index (κ2) is 46.6. The van der Waals surface area contributed by atoms with E-state index in [2.05, 4.69) is 35.7 Å². The first-order valence-electron chi connectivity index (χ1n) is 2.52. The molecule has 0 saturated carbocycles. The van der Waals surface area contributed by atoms with E-state index < -0.39 is 0 Å². The first-order valence-corrected chi connectivity index (χ1v) is 2.52. The van der Waals surface area contributed by atoms with Crippen LogP contribution >= 0.6 is 0 Å². The Morgan fingerprint density at radius 3 is 1.44 bits per heavy atom. The van der Waals surface area contributed by atoms with Crippen LogP contribution in [0.4, 0.5) is 0 Å². The second-order valence-electron chi connectivity index (χ2n) is 0.954. The predicted octanol–water partition coefficient (Wildman–Crippen LogP) is -2.50. The Bertz CT molecular complexity index is 15.8. The van der Waals surface area contributed by atoms with Crippen molar-refractivity contribution in [3.8, 4) is 0 Å². The van der Waals surface area contributed by atoms with Gasteiger partial charge in [0.1, 0.15) is 0 Å². The summed E-state index contributed by atoms with van der Waals surface area (Å²) in [5.74, 6) is 20.9. The van der Waals surface area contributed by atoms with Crippen LogP contribution in [0.3, 0.4) is 0 Å². The van der Waals surface area contributed by atoms with Gasteiger partial charge in [-0.3, -0.25) is 34.6 Å². The highest BCUT2D eigenvalue weighted by atomic mass is 15.2. The largest absolute Gasteiger partial charge is 0.274 e. The third kappa shape index (κ3) is 83.1. The number of hydrogen-bond acceptors (Lipinski definition) is 6. The van der Waals surface area contributed by atoms with E-state index in [-0.39, 0.29) is 0 Å². The molecular formula is C3H18N6. The highest BCUT2D eigenvalue weighted by molar-refractivity contribution is 4.25. The third-order valence-corrected chi connectivity index (χ3v) is 0.394. The van der Waals surface area contributed by atoms with E-state index >= 15 is 0 Å². The van der Waals surface area contributed by atoms with Crippen molar-refractivity contribution in [1.29, 1.82) is 0 Å². The van der Waals surface area contributed by atoms with E-state index in [4.69, 9.17) is 5.84 Å². The Hall–Kier alpha value is -0.240. The minimum Gasteiger partial charge on any atom is -0.274 e. The lowest BCUT2D eigenvalue weighted by Gasteiger charge is -1.85. The van der Waals surface area contributed by atoms with Crippen molar-refractivity contribution in [2.24, 2.45) is 29.2 Å². The SMILES string of the molecule is CCCNN.NN.NN. The van der Waals surface area contributed by atoms with Crippen LogP contribution in [-0.2, 0) is 0 Å². The summed E-state index contributed by atoms with van der Waals surface area (Å²) < 4.78 is 0. The third-order valence-electron chi connectivity index (χ3n) is 0.394. The van der Waals surface area contributed by atoms with Gasteiger partial charge in [-0.05, 0) is 6.42 Å². The Morgan fingerprint density at radius 1 is 1.11 bits per heavy atom. The Balaban J connectivity index is -0.0000000771. The number of hydrazine groups is 3. The van der Waals surface area contributed by atoms with Crippen molar-refractivity contribution < 1.29 is 0 Å². The zero-order valence-electron chi connectivity index (χ0n) is 5.80. The van der Waals surface area contributed by atoms with Gasteiger partial charge >= 0.3 is 0 Å². The number of rotatable bonds is 2. The van der Waals surface area contributed by atoms with E-state index in [0.717, 1.165) is 13.0 Å². The van der Waals surface area contributed by atoms with Gasteiger partial charge in [0.2, 0.25) is 0 Å². The average molecular weight is 138 g/mol. The predicted molar refractivity (Wildman–Crippen MR) is 39.2 cm³/mol. The van der Waals surface area contributed by atoms with Crippen LogP contribution in [0.2, 0.25) is 0 Å². The standard InChI is InChI=1S/C3H10N2.2H4N2/c1-2-3-5-4;2*1-2/h5H,2-4H2,1H3;2*1-2H2. The van der Waals surface area contributed by atoms with E-state index in [1.54, 1.807) is 0 Å². The fraction of sp³-hybridized carbons (Fsp3) is 1.00. The molecular weight excluding hydrogens is 120 g/mol. The molecule has 0 aliphatic carbocycles. The molecule has 0 aliphatic heterocycles. The van der Waals surface area contributed by atoms with Gasteiger partial charge in [-0.2, -0.15) is 0 Å². The fourth-order valence-corrected chi connectivity index (χ4v) is 0.144. The smallest absolute Gasteiger partial charge is 0.00947 e. The molecule has 0 aromatic heterocycles. The molecule has 0 amide bonds. The molecule has 0 saturated heterocycles. The van der Waals surface area contributed by atoms with Crippen LogP contribution in [0.1, 0.15) is 13.3 Å². The maximum absolute atomic E-state index is 4.89. The van der Waals surface area contributed by atoms with Gasteiger partial charge in [0.25, 0.3) is 0 Å². The quantitative estimate of drug-likeness (QED) is 0.184. The summed E-state index contributed by atoms with van der Waals surface area (Å²) in [4.78, 5) is 0. The number of hydrogen-bond donors (Lipinski definition) is 6. The van der Waals surface area contributed by atoms with Crippen LogP contribution in [-0.4, -0.2) is 6.54 Å². The van der Waals surface area contributed by atoms with Gasteiger partial charge < -0.3 is 0 Å². The lowest BCUT2D eigenvalue weighted by Crippen LogP contribution is -2.21. The molecule has 6 nitrogen and oxygen atoms in total. The molecule has 0 aliphatic rings. The summed E-state index contributed by atoms with van der Waals surface area (Å²) >= 11 is 0. The maximum Gasteiger partial charge on any atom is 0.00947 e. The summed E-state index contributed by atoms with van der Waals surface area (Å²) in [6, 6.07) is 0. The van der Waals surface area contributed by atoms with Crippen LogP contribution in [0.15, 0.2) is 0 Å². The Kier molecular flexibility index (Phi) is 82.2.